The summed E-state index contributed by atoms with van der Waals surface area (Å²) in [7, 11) is 1.73. The zero-order valence-corrected chi connectivity index (χ0v) is 9.93. The molecule has 1 unspecified atom stereocenters. The highest BCUT2D eigenvalue weighted by molar-refractivity contribution is 5.87. The fourth-order valence-corrected chi connectivity index (χ4v) is 2.48. The number of benzene rings is 1. The third-order valence-corrected chi connectivity index (χ3v) is 3.40. The fraction of sp³-hybridized carbons (Fsp3) is 0.333. The summed E-state index contributed by atoms with van der Waals surface area (Å²) in [6.45, 7) is 0.650. The van der Waals surface area contributed by atoms with E-state index in [0.717, 1.165) is 0 Å². The van der Waals surface area contributed by atoms with Crippen LogP contribution in [0.4, 0.5) is 10.3 Å². The molecular weight excluding hydrogens is 235 g/mol. The summed E-state index contributed by atoms with van der Waals surface area (Å²) in [5.74, 6) is -0.271. The SMILES string of the molecule is CN1CCC(n2c(N)nc3cccc(F)c32)C1=O. The van der Waals surface area contributed by atoms with Crippen molar-refractivity contribution < 1.29 is 9.18 Å². The lowest BCUT2D eigenvalue weighted by molar-refractivity contribution is -0.129. The highest BCUT2D eigenvalue weighted by Gasteiger charge is 2.33. The van der Waals surface area contributed by atoms with E-state index in [4.69, 9.17) is 5.73 Å². The number of nitrogens with zero attached hydrogens (tertiary/aromatic N) is 3. The molecule has 1 amide bonds. The van der Waals surface area contributed by atoms with Gasteiger partial charge < -0.3 is 10.6 Å². The highest BCUT2D eigenvalue weighted by Crippen LogP contribution is 2.30. The maximum Gasteiger partial charge on any atom is 0.245 e. The molecule has 1 fully saturated rings. The molecule has 6 heteroatoms. The Kier molecular flexibility index (Phi) is 2.26. The number of nitrogens with two attached hydrogens (primary N) is 1. The lowest BCUT2D eigenvalue weighted by atomic mass is 10.2. The lowest BCUT2D eigenvalue weighted by Crippen LogP contribution is -2.25. The van der Waals surface area contributed by atoms with Gasteiger partial charge in [-0.2, -0.15) is 0 Å². The van der Waals surface area contributed by atoms with Gasteiger partial charge in [-0.1, -0.05) is 6.07 Å². The van der Waals surface area contributed by atoms with Gasteiger partial charge in [-0.05, 0) is 18.6 Å². The van der Waals surface area contributed by atoms with Crippen molar-refractivity contribution in [2.45, 2.75) is 12.5 Å². The molecule has 0 bridgehead atoms. The molecule has 18 heavy (non-hydrogen) atoms. The molecule has 1 saturated heterocycles. The molecule has 1 atom stereocenters. The summed E-state index contributed by atoms with van der Waals surface area (Å²) in [6.07, 6.45) is 0.624. The van der Waals surface area contributed by atoms with E-state index in [0.29, 0.717) is 24.0 Å². The van der Waals surface area contributed by atoms with E-state index in [-0.39, 0.29) is 11.9 Å². The topological polar surface area (TPSA) is 64.2 Å². The maximum atomic E-state index is 13.9. The summed E-state index contributed by atoms with van der Waals surface area (Å²) in [6, 6.07) is 4.17. The van der Waals surface area contributed by atoms with E-state index in [1.54, 1.807) is 24.1 Å². The average molecular weight is 248 g/mol. The summed E-state index contributed by atoms with van der Waals surface area (Å²) in [5, 5.41) is 0. The Balaban J connectivity index is 2.23. The summed E-state index contributed by atoms with van der Waals surface area (Å²) >= 11 is 0. The van der Waals surface area contributed by atoms with Gasteiger partial charge in [-0.25, -0.2) is 9.37 Å². The van der Waals surface area contributed by atoms with Crippen LogP contribution in [0.25, 0.3) is 11.0 Å². The van der Waals surface area contributed by atoms with Gasteiger partial charge in [0.15, 0.2) is 0 Å². The molecule has 94 valence electrons. The standard InChI is InChI=1S/C12H13FN4O/c1-16-6-5-9(11(16)18)17-10-7(13)3-2-4-8(10)15-12(17)14/h2-4,9H,5-6H2,1H3,(H2,14,15). The normalized spacial score (nSPS) is 20.0. The first-order valence-electron chi connectivity index (χ1n) is 5.76. The van der Waals surface area contributed by atoms with E-state index < -0.39 is 11.9 Å². The summed E-state index contributed by atoms with van der Waals surface area (Å²) < 4.78 is 15.4. The van der Waals surface area contributed by atoms with Crippen LogP contribution >= 0.6 is 0 Å². The molecule has 0 spiro atoms. The first-order chi connectivity index (χ1) is 8.59. The van der Waals surface area contributed by atoms with Gasteiger partial charge in [0.1, 0.15) is 17.4 Å². The van der Waals surface area contributed by atoms with Crippen LogP contribution < -0.4 is 5.73 Å². The number of para-hydroxylation sites is 1. The minimum atomic E-state index is -0.447. The van der Waals surface area contributed by atoms with Gasteiger partial charge in [-0.15, -0.1) is 0 Å². The number of amides is 1. The Morgan fingerprint density at radius 1 is 1.50 bits per heavy atom. The number of carbonyl (C=O) groups is 1. The van der Waals surface area contributed by atoms with Crippen molar-refractivity contribution >= 4 is 22.9 Å². The molecule has 1 aromatic carbocycles. The van der Waals surface area contributed by atoms with Gasteiger partial charge in [0.2, 0.25) is 11.9 Å². The molecule has 2 heterocycles. The van der Waals surface area contributed by atoms with E-state index in [1.807, 2.05) is 0 Å². The van der Waals surface area contributed by atoms with Crippen LogP contribution in [-0.4, -0.2) is 34.0 Å². The van der Waals surface area contributed by atoms with Crippen LogP contribution in [0.3, 0.4) is 0 Å². The Bertz CT molecular complexity index is 636. The second-order valence-corrected chi connectivity index (χ2v) is 4.51. The van der Waals surface area contributed by atoms with Gasteiger partial charge >= 0.3 is 0 Å². The van der Waals surface area contributed by atoms with Crippen molar-refractivity contribution in [3.8, 4) is 0 Å². The number of halogens is 1. The lowest BCUT2D eigenvalue weighted by Gasteiger charge is -2.14. The maximum absolute atomic E-state index is 13.9. The second-order valence-electron chi connectivity index (χ2n) is 4.51. The number of likely N-dealkylation sites (N-methyl/N-ethyl adjacent to an activating group) is 1. The van der Waals surface area contributed by atoms with Crippen LogP contribution in [0, 0.1) is 5.82 Å². The molecule has 2 N–H and O–H groups in total. The third-order valence-electron chi connectivity index (χ3n) is 3.40. The Morgan fingerprint density at radius 2 is 2.28 bits per heavy atom. The van der Waals surface area contributed by atoms with Crippen molar-refractivity contribution in [3.63, 3.8) is 0 Å². The predicted octanol–water partition coefficient (Wildman–Crippen LogP) is 1.16. The van der Waals surface area contributed by atoms with Gasteiger partial charge in [0.25, 0.3) is 0 Å². The van der Waals surface area contributed by atoms with Crippen molar-refractivity contribution in [1.82, 2.24) is 14.5 Å². The van der Waals surface area contributed by atoms with Crippen LogP contribution in [0.5, 0.6) is 0 Å². The number of anilines is 1. The summed E-state index contributed by atoms with van der Waals surface area (Å²) in [4.78, 5) is 17.7. The first-order valence-corrected chi connectivity index (χ1v) is 5.76. The zero-order valence-electron chi connectivity index (χ0n) is 9.93. The molecule has 3 rings (SSSR count). The largest absolute Gasteiger partial charge is 0.369 e. The van der Waals surface area contributed by atoms with Crippen molar-refractivity contribution in [2.75, 3.05) is 19.3 Å². The number of rotatable bonds is 1. The highest BCUT2D eigenvalue weighted by atomic mass is 19.1. The van der Waals surface area contributed by atoms with Crippen molar-refractivity contribution in [3.05, 3.63) is 24.0 Å². The van der Waals surface area contributed by atoms with Crippen molar-refractivity contribution in [2.24, 2.45) is 0 Å². The van der Waals surface area contributed by atoms with Gasteiger partial charge in [0, 0.05) is 13.6 Å². The number of hydrogen-bond donors (Lipinski definition) is 1. The molecule has 0 saturated carbocycles. The molecular formula is C12H13FN4O. The molecule has 2 aromatic rings. The number of imidazole rings is 1. The number of likely N-dealkylation sites (tertiary alicyclic amines) is 1. The van der Waals surface area contributed by atoms with E-state index in [1.165, 1.54) is 10.6 Å². The third kappa shape index (κ3) is 1.38. The average Bonchev–Trinajstić information content (AvgIpc) is 2.82. The van der Waals surface area contributed by atoms with E-state index >= 15 is 0 Å². The number of fused-ring (bicyclic) bond motifs is 1. The van der Waals surface area contributed by atoms with Gasteiger partial charge in [-0.3, -0.25) is 9.36 Å². The molecule has 1 aliphatic heterocycles. The molecule has 1 aromatic heterocycles. The number of hydrogen-bond acceptors (Lipinski definition) is 3. The number of nitrogen functional groups attached to an aromatic ring is 1. The van der Waals surface area contributed by atoms with Crippen LogP contribution in [0.15, 0.2) is 18.2 Å². The smallest absolute Gasteiger partial charge is 0.245 e. The predicted molar refractivity (Wildman–Crippen MR) is 65.4 cm³/mol. The summed E-state index contributed by atoms with van der Waals surface area (Å²) in [5.41, 5.74) is 6.61. The first kappa shape index (κ1) is 11.0. The van der Waals surface area contributed by atoms with Crippen molar-refractivity contribution in [1.29, 1.82) is 0 Å². The minimum Gasteiger partial charge on any atom is -0.369 e. The van der Waals surface area contributed by atoms with E-state index in [2.05, 4.69) is 4.98 Å². The fourth-order valence-electron chi connectivity index (χ4n) is 2.48. The minimum absolute atomic E-state index is 0.0516. The monoisotopic (exact) mass is 248 g/mol. The number of aromatic nitrogens is 2. The number of carbonyl (C=O) groups excluding carboxylic acids is 1. The Morgan fingerprint density at radius 3 is 2.94 bits per heavy atom. The Hall–Kier alpha value is -2.11. The second kappa shape index (κ2) is 3.69. The molecule has 0 aliphatic carbocycles. The molecule has 1 aliphatic rings. The molecule has 5 nitrogen and oxygen atoms in total. The van der Waals surface area contributed by atoms with E-state index in [9.17, 15) is 9.18 Å². The Labute approximate surface area is 103 Å². The van der Waals surface area contributed by atoms with Crippen LogP contribution in [0.1, 0.15) is 12.5 Å². The van der Waals surface area contributed by atoms with Crippen LogP contribution in [0.2, 0.25) is 0 Å². The van der Waals surface area contributed by atoms with Crippen LogP contribution in [-0.2, 0) is 4.79 Å². The zero-order chi connectivity index (χ0) is 12.9. The molecule has 0 radical (unpaired) electrons. The quantitative estimate of drug-likeness (QED) is 0.823. The van der Waals surface area contributed by atoms with Gasteiger partial charge in [0.05, 0.1) is 5.52 Å².